The molecule has 0 aliphatic heterocycles. The second-order valence-corrected chi connectivity index (χ2v) is 15.3. The number of fused-ring (bicyclic) bond motifs is 2. The molecule has 0 saturated carbocycles. The lowest BCUT2D eigenvalue weighted by Crippen LogP contribution is -2.37. The fourth-order valence-corrected chi connectivity index (χ4v) is 7.47. The molecule has 3 heterocycles. The molecule has 0 unspecified atom stereocenters. The lowest BCUT2D eigenvalue weighted by Gasteiger charge is -2.09. The van der Waals surface area contributed by atoms with E-state index in [1.807, 2.05) is 158 Å². The molecule has 310 valence electrons. The molecule has 0 aliphatic carbocycles. The number of phenolic OH excluding ortho intramolecular Hbond substituents is 2. The highest BCUT2D eigenvalue weighted by Gasteiger charge is 2.12. The summed E-state index contributed by atoms with van der Waals surface area (Å²) in [6.07, 6.45) is 16.4. The molecule has 0 amide bonds. The number of benzene rings is 6. The predicted octanol–water partition coefficient (Wildman–Crippen LogP) is 11.6. The van der Waals surface area contributed by atoms with Crippen LogP contribution in [0, 0.1) is 0 Å². The lowest BCUT2D eigenvalue weighted by atomic mass is 10.1. The molecule has 12 nitrogen and oxygen atoms in total. The maximum Gasteiger partial charge on any atom is 0.243 e. The summed E-state index contributed by atoms with van der Waals surface area (Å²) in [4.78, 5) is 0. The maximum absolute atomic E-state index is 10.6. The zero-order valence-corrected chi connectivity index (χ0v) is 34.6. The number of azo groups is 2. The van der Waals surface area contributed by atoms with E-state index in [1.165, 1.54) is 0 Å². The maximum atomic E-state index is 10.6. The van der Waals surface area contributed by atoms with E-state index in [1.54, 1.807) is 12.1 Å². The van der Waals surface area contributed by atoms with Crippen LogP contribution in [0.1, 0.15) is 12.8 Å². The summed E-state index contributed by atoms with van der Waals surface area (Å²) in [7, 11) is 0. The van der Waals surface area contributed by atoms with Crippen molar-refractivity contribution in [1.29, 1.82) is 0 Å². The van der Waals surface area contributed by atoms with Crippen LogP contribution in [0.3, 0.4) is 0 Å². The third-order valence-electron chi connectivity index (χ3n) is 10.8. The molecule has 0 atom stereocenters. The number of anilines is 4. The van der Waals surface area contributed by atoms with Gasteiger partial charge in [0.15, 0.2) is 37.9 Å². The van der Waals surface area contributed by atoms with E-state index in [0.717, 1.165) is 83.3 Å². The highest BCUT2D eigenvalue weighted by Crippen LogP contribution is 2.39. The molecule has 12 heteroatoms. The molecule has 0 aliphatic rings. The first-order valence-corrected chi connectivity index (χ1v) is 21.0. The van der Waals surface area contributed by atoms with E-state index in [4.69, 9.17) is 0 Å². The van der Waals surface area contributed by atoms with Crippen LogP contribution in [-0.4, -0.2) is 14.8 Å². The average Bonchev–Trinajstić information content (AvgIpc) is 3.77. The summed E-state index contributed by atoms with van der Waals surface area (Å²) >= 11 is 0. The third kappa shape index (κ3) is 10.2. The molecule has 0 radical (unpaired) electrons. The second kappa shape index (κ2) is 19.0. The topological polar surface area (TPSA) is 131 Å². The van der Waals surface area contributed by atoms with Gasteiger partial charge in [-0.25, -0.2) is 18.3 Å². The summed E-state index contributed by atoms with van der Waals surface area (Å²) in [5.41, 5.74) is 6.23. The van der Waals surface area contributed by atoms with Gasteiger partial charge in [-0.2, -0.15) is 0 Å². The second-order valence-electron chi connectivity index (χ2n) is 15.3. The summed E-state index contributed by atoms with van der Waals surface area (Å²) < 4.78 is 8.74. The first kappa shape index (κ1) is 40.2. The van der Waals surface area contributed by atoms with Gasteiger partial charge in [0.25, 0.3) is 0 Å². The molecule has 63 heavy (non-hydrogen) atoms. The molecular formula is C51H47N10O2+3. The van der Waals surface area contributed by atoms with Crippen molar-refractivity contribution < 1.29 is 23.9 Å². The van der Waals surface area contributed by atoms with E-state index < -0.39 is 0 Å². The van der Waals surface area contributed by atoms with Crippen molar-refractivity contribution in [3.8, 4) is 11.5 Å². The van der Waals surface area contributed by atoms with Crippen molar-refractivity contribution in [1.82, 2.24) is 4.57 Å². The van der Waals surface area contributed by atoms with E-state index >= 15 is 0 Å². The zero-order valence-electron chi connectivity index (χ0n) is 34.6. The van der Waals surface area contributed by atoms with E-state index in [2.05, 4.69) is 68.1 Å². The Morgan fingerprint density at radius 2 is 0.921 bits per heavy atom. The Labute approximate surface area is 365 Å². The highest BCUT2D eigenvalue weighted by molar-refractivity contribution is 5.98. The molecule has 9 aromatic rings. The van der Waals surface area contributed by atoms with Gasteiger partial charge in [-0.3, -0.25) is 0 Å². The van der Waals surface area contributed by atoms with E-state index in [0.29, 0.717) is 22.7 Å². The number of aromatic hydroxyl groups is 2. The van der Waals surface area contributed by atoms with Crippen molar-refractivity contribution in [3.05, 3.63) is 189 Å². The van der Waals surface area contributed by atoms with Gasteiger partial charge in [-0.05, 0) is 83.6 Å². The predicted molar refractivity (Wildman–Crippen MR) is 246 cm³/mol. The quantitative estimate of drug-likeness (QED) is 0.0570. The minimum atomic E-state index is 0.0882. The number of rotatable bonds is 16. The largest absolute Gasteiger partial charge is 0.506 e. The van der Waals surface area contributed by atoms with Crippen LogP contribution in [0.5, 0.6) is 11.5 Å². The standard InChI is InChI=1S/C51H45N10O2/c62-48-19-13-38-35-44(52-40-9-3-1-4-10-40)15-17-46(38)50(48)56-54-42-21-29-58(30-22-42)25-7-27-60-33-34-61(37-60)28-8-26-59-31-23-43(24-32-59)55-57-51-47-18-16-45(36-39(47)14-20-49(51)63)53-41-11-5-2-6-12-41/h1-6,9-24,29-37H,7-8,25-28H2,(H2,52,53,56,57)/q+1/p+2. The van der Waals surface area contributed by atoms with E-state index in [-0.39, 0.29) is 11.5 Å². The highest BCUT2D eigenvalue weighted by atomic mass is 16.3. The van der Waals surface area contributed by atoms with Crippen LogP contribution in [0.4, 0.5) is 45.5 Å². The van der Waals surface area contributed by atoms with Crippen molar-refractivity contribution >= 4 is 67.0 Å². The van der Waals surface area contributed by atoms with Gasteiger partial charge >= 0.3 is 0 Å². The zero-order chi connectivity index (χ0) is 42.8. The van der Waals surface area contributed by atoms with Crippen molar-refractivity contribution in [3.63, 3.8) is 0 Å². The molecule has 0 saturated heterocycles. The smallest absolute Gasteiger partial charge is 0.243 e. The third-order valence-corrected chi connectivity index (χ3v) is 10.8. The van der Waals surface area contributed by atoms with Crippen LogP contribution >= 0.6 is 0 Å². The van der Waals surface area contributed by atoms with Gasteiger partial charge in [0, 0.05) is 70.6 Å². The number of para-hydroxylation sites is 2. The number of hydrogen-bond donors (Lipinski definition) is 4. The number of phenols is 2. The number of aromatic nitrogens is 4. The summed E-state index contributed by atoms with van der Waals surface area (Å²) in [6.45, 7) is 3.53. The number of pyridine rings is 2. The Hall–Kier alpha value is -8.25. The lowest BCUT2D eigenvalue weighted by molar-refractivity contribution is -0.726. The molecule has 0 bridgehead atoms. The van der Waals surface area contributed by atoms with Gasteiger partial charge in [-0.1, -0.05) is 48.5 Å². The minimum absolute atomic E-state index is 0.0882. The average molecular weight is 832 g/mol. The minimum Gasteiger partial charge on any atom is -0.506 e. The van der Waals surface area contributed by atoms with Crippen molar-refractivity contribution in [2.45, 2.75) is 39.0 Å². The number of nitrogens with zero attached hydrogens (tertiary/aromatic N) is 8. The fraction of sp³-hybridized carbons (Fsp3) is 0.118. The van der Waals surface area contributed by atoms with E-state index in [9.17, 15) is 10.2 Å². The molecule has 6 aromatic carbocycles. The Morgan fingerprint density at radius 3 is 1.43 bits per heavy atom. The van der Waals surface area contributed by atoms with Crippen LogP contribution in [-0.2, 0) is 26.2 Å². The Balaban J connectivity index is 0.723. The van der Waals surface area contributed by atoms with Gasteiger partial charge < -0.3 is 20.8 Å². The molecule has 4 N–H and O–H groups in total. The first-order chi connectivity index (χ1) is 31.0. The summed E-state index contributed by atoms with van der Waals surface area (Å²) in [6, 6.07) is 46.8. The van der Waals surface area contributed by atoms with Gasteiger partial charge in [-0.15, -0.1) is 20.5 Å². The molecule has 3 aromatic heterocycles. The summed E-state index contributed by atoms with van der Waals surface area (Å²) in [5.74, 6) is 0.176. The van der Waals surface area contributed by atoms with Gasteiger partial charge in [0.1, 0.15) is 35.3 Å². The molecule has 0 spiro atoms. The molecular weight excluding hydrogens is 785 g/mol. The first-order valence-electron chi connectivity index (χ1n) is 21.0. The number of hydrogen-bond acceptors (Lipinski definition) is 8. The Bertz CT molecular complexity index is 2820. The van der Waals surface area contributed by atoms with Crippen LogP contribution in [0.25, 0.3) is 21.5 Å². The molecule has 0 fully saturated rings. The molecule has 9 rings (SSSR count). The van der Waals surface area contributed by atoms with Crippen LogP contribution < -0.4 is 24.3 Å². The van der Waals surface area contributed by atoms with Crippen LogP contribution in [0.15, 0.2) is 210 Å². The van der Waals surface area contributed by atoms with Crippen LogP contribution in [0.2, 0.25) is 0 Å². The number of aryl methyl sites for hydroxylation is 4. The SMILES string of the molecule is Oc1ccc2cc(Nc3ccccc3)ccc2c1/N=N\c1cc[n+](CCCn2cc[n+](CCC[n+]3ccc(/N=N\c4c(O)ccc5cc(Nc6ccccc6)ccc45)cc3)c2)cc1. The van der Waals surface area contributed by atoms with Crippen molar-refractivity contribution in [2.75, 3.05) is 10.6 Å². The van der Waals surface area contributed by atoms with Gasteiger partial charge in [0.05, 0.1) is 24.5 Å². The van der Waals surface area contributed by atoms with Gasteiger partial charge in [0.2, 0.25) is 6.33 Å². The fourth-order valence-electron chi connectivity index (χ4n) is 7.47. The van der Waals surface area contributed by atoms with Crippen molar-refractivity contribution in [2.24, 2.45) is 20.5 Å². The Morgan fingerprint density at radius 1 is 0.444 bits per heavy atom. The Kier molecular flexibility index (Phi) is 12.1. The number of nitrogens with one attached hydrogen (secondary N) is 2. The monoisotopic (exact) mass is 831 g/mol. The summed E-state index contributed by atoms with van der Waals surface area (Å²) in [5, 5.41) is 49.5. The normalized spacial score (nSPS) is 11.6. The number of imidazole rings is 1.